The molecular formula is C18H17N5O3S. The number of para-hydroxylation sites is 1. The number of aromatic amines is 1. The molecule has 0 bridgehead atoms. The number of hydrogen-bond acceptors (Lipinski definition) is 7. The molecule has 0 unspecified atom stereocenters. The lowest BCUT2D eigenvalue weighted by Crippen LogP contribution is -2.36. The molecule has 0 aliphatic heterocycles. The molecule has 1 aliphatic carbocycles. The van der Waals surface area contributed by atoms with Crippen molar-refractivity contribution < 1.29 is 4.79 Å². The van der Waals surface area contributed by atoms with Crippen molar-refractivity contribution in [1.82, 2.24) is 19.5 Å². The van der Waals surface area contributed by atoms with Crippen LogP contribution in [0.3, 0.4) is 0 Å². The molecular weight excluding hydrogens is 366 g/mol. The van der Waals surface area contributed by atoms with Gasteiger partial charge in [-0.3, -0.25) is 19.1 Å². The van der Waals surface area contributed by atoms with Gasteiger partial charge in [-0.05, 0) is 25.8 Å². The smallest absolute Gasteiger partial charge is 0.330 e. The number of aryl methyl sites for hydroxylation is 1. The van der Waals surface area contributed by atoms with Crippen LogP contribution in [0.25, 0.3) is 10.9 Å². The molecule has 1 aromatic carbocycles. The highest BCUT2D eigenvalue weighted by atomic mass is 32.2. The van der Waals surface area contributed by atoms with Crippen LogP contribution >= 0.6 is 11.8 Å². The van der Waals surface area contributed by atoms with Gasteiger partial charge < -0.3 is 5.73 Å². The number of fused-ring (bicyclic) bond motifs is 1. The van der Waals surface area contributed by atoms with Crippen molar-refractivity contribution in [3.8, 4) is 0 Å². The van der Waals surface area contributed by atoms with Crippen molar-refractivity contribution in [2.45, 2.75) is 30.8 Å². The van der Waals surface area contributed by atoms with Gasteiger partial charge in [0.25, 0.3) is 5.56 Å². The zero-order chi connectivity index (χ0) is 19.1. The fourth-order valence-corrected chi connectivity index (χ4v) is 3.94. The molecule has 0 radical (unpaired) electrons. The summed E-state index contributed by atoms with van der Waals surface area (Å²) in [6, 6.07) is 7.48. The van der Waals surface area contributed by atoms with Crippen LogP contribution < -0.4 is 17.0 Å². The normalized spacial score (nSPS) is 13.8. The van der Waals surface area contributed by atoms with Gasteiger partial charge in [0, 0.05) is 11.4 Å². The quantitative estimate of drug-likeness (QED) is 0.390. The first-order valence-electron chi connectivity index (χ1n) is 8.49. The van der Waals surface area contributed by atoms with Gasteiger partial charge >= 0.3 is 5.69 Å². The number of carbonyl (C=O) groups excluding carboxylic acids is 1. The standard InChI is InChI=1S/C18H17N5O3S/c1-9-20-12-5-3-2-4-11(12)17(21-9)27-8-13(24)14-15(19)23(10-6-7-10)18(26)22-16(14)25/h2-5,10H,6-8,19H2,1H3,(H,22,25,26). The first-order valence-corrected chi connectivity index (χ1v) is 9.48. The molecule has 1 saturated carbocycles. The van der Waals surface area contributed by atoms with Crippen molar-refractivity contribution in [1.29, 1.82) is 0 Å². The maximum Gasteiger partial charge on any atom is 0.330 e. The van der Waals surface area contributed by atoms with E-state index in [9.17, 15) is 14.4 Å². The van der Waals surface area contributed by atoms with Crippen LogP contribution in [0.5, 0.6) is 0 Å². The summed E-state index contributed by atoms with van der Waals surface area (Å²) in [5.74, 6) is 0.0914. The minimum atomic E-state index is -0.747. The third-order valence-electron chi connectivity index (χ3n) is 4.39. The van der Waals surface area contributed by atoms with Gasteiger partial charge in [-0.25, -0.2) is 14.8 Å². The monoisotopic (exact) mass is 383 g/mol. The summed E-state index contributed by atoms with van der Waals surface area (Å²) >= 11 is 1.22. The third kappa shape index (κ3) is 3.25. The summed E-state index contributed by atoms with van der Waals surface area (Å²) in [5, 5.41) is 1.50. The predicted molar refractivity (Wildman–Crippen MR) is 103 cm³/mol. The Labute approximate surface area is 157 Å². The van der Waals surface area contributed by atoms with Crippen LogP contribution in [-0.2, 0) is 0 Å². The molecule has 0 saturated heterocycles. The number of nitrogens with two attached hydrogens (primary N) is 1. The van der Waals surface area contributed by atoms with Crippen LogP contribution in [0.15, 0.2) is 38.9 Å². The molecule has 138 valence electrons. The van der Waals surface area contributed by atoms with Crippen LogP contribution in [0.1, 0.15) is 35.1 Å². The topological polar surface area (TPSA) is 124 Å². The van der Waals surface area contributed by atoms with Gasteiger partial charge in [-0.15, -0.1) is 0 Å². The van der Waals surface area contributed by atoms with Gasteiger partial charge in [0.05, 0.1) is 11.3 Å². The zero-order valence-corrected chi connectivity index (χ0v) is 15.4. The van der Waals surface area contributed by atoms with E-state index in [1.165, 1.54) is 16.3 Å². The van der Waals surface area contributed by atoms with E-state index in [-0.39, 0.29) is 23.2 Å². The Morgan fingerprint density at radius 1 is 1.30 bits per heavy atom. The number of nitrogens with zero attached hydrogens (tertiary/aromatic N) is 3. The number of thioether (sulfide) groups is 1. The van der Waals surface area contributed by atoms with Crippen LogP contribution in [0.4, 0.5) is 5.82 Å². The van der Waals surface area contributed by atoms with Gasteiger partial charge in [0.15, 0.2) is 5.78 Å². The fourth-order valence-electron chi connectivity index (χ4n) is 3.01. The highest BCUT2D eigenvalue weighted by molar-refractivity contribution is 8.00. The summed E-state index contributed by atoms with van der Waals surface area (Å²) in [5.41, 5.74) is 5.31. The molecule has 0 atom stereocenters. The summed E-state index contributed by atoms with van der Waals surface area (Å²) in [6.45, 7) is 1.78. The molecule has 4 rings (SSSR count). The van der Waals surface area contributed by atoms with Crippen molar-refractivity contribution in [2.24, 2.45) is 0 Å². The van der Waals surface area contributed by atoms with Crippen LogP contribution in [0, 0.1) is 6.92 Å². The predicted octanol–water partition coefficient (Wildman–Crippen LogP) is 1.68. The number of nitrogens with one attached hydrogen (secondary N) is 1. The molecule has 27 heavy (non-hydrogen) atoms. The lowest BCUT2D eigenvalue weighted by Gasteiger charge is -2.11. The largest absolute Gasteiger partial charge is 0.384 e. The highest BCUT2D eigenvalue weighted by Gasteiger charge is 2.30. The van der Waals surface area contributed by atoms with Crippen molar-refractivity contribution in [2.75, 3.05) is 11.5 Å². The average Bonchev–Trinajstić information content (AvgIpc) is 3.44. The fraction of sp³-hybridized carbons (Fsp3) is 0.278. The maximum absolute atomic E-state index is 12.7. The number of aromatic nitrogens is 4. The van der Waals surface area contributed by atoms with Crippen LogP contribution in [-0.4, -0.2) is 31.1 Å². The van der Waals surface area contributed by atoms with Crippen LogP contribution in [0.2, 0.25) is 0 Å². The molecule has 0 amide bonds. The van der Waals surface area contributed by atoms with E-state index < -0.39 is 17.0 Å². The minimum absolute atomic E-state index is 0.0173. The molecule has 1 fully saturated rings. The number of H-pyrrole nitrogens is 1. The molecule has 2 aromatic heterocycles. The van der Waals surface area contributed by atoms with E-state index >= 15 is 0 Å². The second-order valence-corrected chi connectivity index (χ2v) is 7.39. The van der Waals surface area contributed by atoms with Gasteiger partial charge in [0.2, 0.25) is 0 Å². The summed E-state index contributed by atoms with van der Waals surface area (Å²) in [4.78, 5) is 47.8. The van der Waals surface area contributed by atoms with Crippen molar-refractivity contribution in [3.05, 3.63) is 56.5 Å². The van der Waals surface area contributed by atoms with E-state index in [1.54, 1.807) is 6.92 Å². The number of anilines is 1. The number of rotatable bonds is 5. The van der Waals surface area contributed by atoms with Gasteiger partial charge in [-0.1, -0.05) is 30.0 Å². The maximum atomic E-state index is 12.7. The van der Waals surface area contributed by atoms with Crippen molar-refractivity contribution in [3.63, 3.8) is 0 Å². The number of benzene rings is 1. The second-order valence-electron chi connectivity index (χ2n) is 6.43. The number of carbonyl (C=O) groups is 1. The lowest BCUT2D eigenvalue weighted by molar-refractivity contribution is 0.102. The molecule has 2 heterocycles. The van der Waals surface area contributed by atoms with Gasteiger partial charge in [0.1, 0.15) is 22.2 Å². The van der Waals surface area contributed by atoms with E-state index in [4.69, 9.17) is 5.73 Å². The van der Waals surface area contributed by atoms with E-state index in [0.717, 1.165) is 23.7 Å². The Morgan fingerprint density at radius 3 is 2.78 bits per heavy atom. The number of Topliss-reactive ketones (excluding diaryl/α,β-unsaturated/α-hetero) is 1. The summed E-state index contributed by atoms with van der Waals surface area (Å²) in [6.07, 6.45) is 1.62. The number of hydrogen-bond donors (Lipinski definition) is 2. The van der Waals surface area contributed by atoms with Gasteiger partial charge in [-0.2, -0.15) is 0 Å². The second kappa shape index (κ2) is 6.66. The Bertz CT molecular complexity index is 1180. The first-order chi connectivity index (χ1) is 13.0. The molecule has 8 nitrogen and oxygen atoms in total. The third-order valence-corrected chi connectivity index (χ3v) is 5.38. The number of ketones is 1. The molecule has 3 aromatic rings. The highest BCUT2D eigenvalue weighted by Crippen LogP contribution is 2.35. The van der Waals surface area contributed by atoms with Crippen molar-refractivity contribution >= 4 is 34.3 Å². The van der Waals surface area contributed by atoms with E-state index in [2.05, 4.69) is 15.0 Å². The summed E-state index contributed by atoms with van der Waals surface area (Å²) in [7, 11) is 0. The molecule has 3 N–H and O–H groups in total. The lowest BCUT2D eigenvalue weighted by atomic mass is 10.2. The first kappa shape index (κ1) is 17.5. The minimum Gasteiger partial charge on any atom is -0.384 e. The Morgan fingerprint density at radius 2 is 2.04 bits per heavy atom. The summed E-state index contributed by atoms with van der Waals surface area (Å²) < 4.78 is 1.31. The molecule has 1 aliphatic rings. The zero-order valence-electron chi connectivity index (χ0n) is 14.6. The van der Waals surface area contributed by atoms with E-state index in [1.807, 2.05) is 24.3 Å². The van der Waals surface area contributed by atoms with E-state index in [0.29, 0.717) is 10.9 Å². The Balaban J connectivity index is 1.66. The Hall–Kier alpha value is -2.94. The molecule has 0 spiro atoms. The molecule has 9 heteroatoms. The SMILES string of the molecule is Cc1nc(SCC(=O)c2c(N)n(C3CC3)c(=O)[nH]c2=O)c2ccccc2n1. The average molecular weight is 383 g/mol. The number of nitrogen functional groups attached to an aromatic ring is 1. The Kier molecular flexibility index (Phi) is 4.31.